The van der Waals surface area contributed by atoms with Crippen molar-refractivity contribution in [1.29, 1.82) is 0 Å². The standard InChI is InChI=1S/C30H34N6O5/c1-39-26-10-9-21(18-27(26)40-2)13-16-35(28(37)20-36-25-8-4-3-7-24(25)33-34-36)29(22-11-14-31-15-12-22)30(38)32-19-23-6-5-17-41-23/h3-4,7-12,14-15,18,23,29H,5-6,13,16-17,19-20H2,1-2H3,(H,32,38)/t23-,29+/m0/s1. The monoisotopic (exact) mass is 558 g/mol. The molecule has 11 heteroatoms. The van der Waals surface area contributed by atoms with Crippen LogP contribution in [0.5, 0.6) is 11.5 Å². The molecule has 1 aliphatic rings. The van der Waals surface area contributed by atoms with Gasteiger partial charge in [-0.1, -0.05) is 23.4 Å². The minimum Gasteiger partial charge on any atom is -0.493 e. The molecule has 0 spiro atoms. The van der Waals surface area contributed by atoms with Crippen molar-refractivity contribution in [2.75, 3.05) is 33.9 Å². The van der Waals surface area contributed by atoms with Crippen LogP contribution >= 0.6 is 0 Å². The highest BCUT2D eigenvalue weighted by Crippen LogP contribution is 2.29. The largest absolute Gasteiger partial charge is 0.493 e. The number of hydrogen-bond acceptors (Lipinski definition) is 8. The normalized spacial score (nSPS) is 15.4. The first kappa shape index (κ1) is 28.0. The number of fused-ring (bicyclic) bond motifs is 1. The second-order valence-corrected chi connectivity index (χ2v) is 9.83. The number of rotatable bonds is 12. The molecule has 11 nitrogen and oxygen atoms in total. The van der Waals surface area contributed by atoms with Gasteiger partial charge >= 0.3 is 0 Å². The predicted molar refractivity (Wildman–Crippen MR) is 151 cm³/mol. The summed E-state index contributed by atoms with van der Waals surface area (Å²) in [7, 11) is 3.16. The van der Waals surface area contributed by atoms with Gasteiger partial charge in [0.2, 0.25) is 11.8 Å². The predicted octanol–water partition coefficient (Wildman–Crippen LogP) is 2.95. The molecule has 214 valence electrons. The third-order valence-corrected chi connectivity index (χ3v) is 7.22. The fourth-order valence-electron chi connectivity index (χ4n) is 5.07. The highest BCUT2D eigenvalue weighted by atomic mass is 16.5. The summed E-state index contributed by atoms with van der Waals surface area (Å²) in [6, 6.07) is 15.7. The summed E-state index contributed by atoms with van der Waals surface area (Å²) in [5.41, 5.74) is 3.02. The number of nitrogens with zero attached hydrogens (tertiary/aromatic N) is 5. The van der Waals surface area contributed by atoms with Gasteiger partial charge < -0.3 is 24.4 Å². The zero-order valence-corrected chi connectivity index (χ0v) is 23.2. The van der Waals surface area contributed by atoms with Crippen LogP contribution in [0.4, 0.5) is 0 Å². The van der Waals surface area contributed by atoms with E-state index in [0.29, 0.717) is 42.2 Å². The molecule has 0 radical (unpaired) electrons. The van der Waals surface area contributed by atoms with E-state index >= 15 is 0 Å². The molecule has 2 atom stereocenters. The number of methoxy groups -OCH3 is 2. The summed E-state index contributed by atoms with van der Waals surface area (Å²) in [4.78, 5) is 33.6. The van der Waals surface area contributed by atoms with Gasteiger partial charge in [0.05, 0.1) is 25.8 Å². The maximum Gasteiger partial charge on any atom is 0.247 e. The Labute approximate surface area is 238 Å². The van der Waals surface area contributed by atoms with Gasteiger partial charge in [0, 0.05) is 32.1 Å². The van der Waals surface area contributed by atoms with Gasteiger partial charge in [-0.2, -0.15) is 0 Å². The topological polar surface area (TPSA) is 121 Å². The quantitative estimate of drug-likeness (QED) is 0.282. The lowest BCUT2D eigenvalue weighted by Gasteiger charge is -2.32. The molecule has 1 fully saturated rings. The molecule has 41 heavy (non-hydrogen) atoms. The first-order valence-corrected chi connectivity index (χ1v) is 13.6. The van der Waals surface area contributed by atoms with Crippen molar-refractivity contribution in [3.63, 3.8) is 0 Å². The Morgan fingerprint density at radius 2 is 1.90 bits per heavy atom. The minimum absolute atomic E-state index is 0.0329. The van der Waals surface area contributed by atoms with Crippen LogP contribution < -0.4 is 14.8 Å². The van der Waals surface area contributed by atoms with Crippen LogP contribution in [-0.2, 0) is 27.3 Å². The van der Waals surface area contributed by atoms with Gasteiger partial charge in [-0.15, -0.1) is 5.10 Å². The Morgan fingerprint density at radius 1 is 1.10 bits per heavy atom. The highest BCUT2D eigenvalue weighted by Gasteiger charge is 2.32. The number of amides is 2. The Hall–Kier alpha value is -4.51. The molecule has 2 amide bonds. The van der Waals surface area contributed by atoms with E-state index in [1.54, 1.807) is 48.3 Å². The van der Waals surface area contributed by atoms with Crippen molar-refractivity contribution >= 4 is 22.8 Å². The van der Waals surface area contributed by atoms with Crippen LogP contribution in [0.15, 0.2) is 67.0 Å². The lowest BCUT2D eigenvalue weighted by atomic mass is 10.0. The van der Waals surface area contributed by atoms with Crippen LogP contribution in [0.2, 0.25) is 0 Å². The number of hydrogen-bond donors (Lipinski definition) is 1. The number of aromatic nitrogens is 4. The summed E-state index contributed by atoms with van der Waals surface area (Å²) in [5.74, 6) is 0.661. The molecule has 4 aromatic rings. The smallest absolute Gasteiger partial charge is 0.247 e. The summed E-state index contributed by atoms with van der Waals surface area (Å²) in [5, 5.41) is 11.4. The minimum atomic E-state index is -0.887. The van der Waals surface area contributed by atoms with E-state index in [0.717, 1.165) is 23.9 Å². The zero-order valence-electron chi connectivity index (χ0n) is 23.2. The molecule has 1 N–H and O–H groups in total. The SMILES string of the molecule is COc1ccc(CCN(C(=O)Cn2nnc3ccccc32)[C@@H](C(=O)NC[C@@H]2CCCO2)c2ccncc2)cc1OC. The van der Waals surface area contributed by atoms with Crippen molar-refractivity contribution in [2.24, 2.45) is 0 Å². The maximum atomic E-state index is 14.1. The Bertz CT molecular complexity index is 1470. The Morgan fingerprint density at radius 3 is 2.66 bits per heavy atom. The Balaban J connectivity index is 1.45. The van der Waals surface area contributed by atoms with Crippen LogP contribution in [0.3, 0.4) is 0 Å². The summed E-state index contributed by atoms with van der Waals surface area (Å²) >= 11 is 0. The number of benzene rings is 2. The molecule has 2 aromatic carbocycles. The summed E-state index contributed by atoms with van der Waals surface area (Å²) in [6.45, 7) is 1.26. The Kier molecular flexibility index (Phi) is 9.05. The van der Waals surface area contributed by atoms with Crippen molar-refractivity contribution in [1.82, 2.24) is 30.2 Å². The first-order chi connectivity index (χ1) is 20.1. The van der Waals surface area contributed by atoms with Crippen LogP contribution in [0.1, 0.15) is 30.0 Å². The highest BCUT2D eigenvalue weighted by molar-refractivity contribution is 5.89. The molecular weight excluding hydrogens is 524 g/mol. The van der Waals surface area contributed by atoms with E-state index < -0.39 is 6.04 Å². The lowest BCUT2D eigenvalue weighted by Crippen LogP contribution is -2.47. The van der Waals surface area contributed by atoms with Crippen molar-refractivity contribution in [2.45, 2.75) is 38.0 Å². The molecular formula is C30H34N6O5. The molecule has 0 bridgehead atoms. The van der Waals surface area contributed by atoms with Gasteiger partial charge in [0.15, 0.2) is 11.5 Å². The molecule has 3 heterocycles. The van der Waals surface area contributed by atoms with Crippen molar-refractivity contribution in [3.8, 4) is 11.5 Å². The molecule has 1 aliphatic heterocycles. The molecule has 0 unspecified atom stereocenters. The third kappa shape index (κ3) is 6.63. The van der Waals surface area contributed by atoms with Crippen LogP contribution in [0.25, 0.3) is 11.0 Å². The lowest BCUT2D eigenvalue weighted by molar-refractivity contribution is -0.141. The number of pyridine rings is 1. The van der Waals surface area contributed by atoms with E-state index in [-0.39, 0.29) is 31.0 Å². The van der Waals surface area contributed by atoms with Gasteiger partial charge in [-0.25, -0.2) is 4.68 Å². The van der Waals surface area contributed by atoms with E-state index in [4.69, 9.17) is 14.2 Å². The summed E-state index contributed by atoms with van der Waals surface area (Å²) in [6.07, 6.45) is 5.55. The molecule has 2 aromatic heterocycles. The molecule has 0 aliphatic carbocycles. The number of carbonyl (C=O) groups is 2. The van der Waals surface area contributed by atoms with Crippen molar-refractivity contribution in [3.05, 3.63) is 78.1 Å². The molecule has 0 saturated carbocycles. The third-order valence-electron chi connectivity index (χ3n) is 7.22. The van der Waals surface area contributed by atoms with Crippen molar-refractivity contribution < 1.29 is 23.8 Å². The second kappa shape index (κ2) is 13.2. The number of nitrogens with one attached hydrogen (secondary N) is 1. The summed E-state index contributed by atoms with van der Waals surface area (Å²) < 4.78 is 18.1. The van der Waals surface area contributed by atoms with E-state index in [1.165, 1.54) is 0 Å². The van der Waals surface area contributed by atoms with Gasteiger partial charge in [0.1, 0.15) is 18.1 Å². The number of para-hydroxylation sites is 1. The molecule has 1 saturated heterocycles. The number of carbonyl (C=O) groups excluding carboxylic acids is 2. The van der Waals surface area contributed by atoms with Gasteiger partial charge in [-0.3, -0.25) is 14.6 Å². The first-order valence-electron chi connectivity index (χ1n) is 13.6. The number of ether oxygens (including phenoxy) is 3. The van der Waals surface area contributed by atoms with Gasteiger partial charge in [-0.05, 0) is 66.8 Å². The van der Waals surface area contributed by atoms with Crippen LogP contribution in [0, 0.1) is 0 Å². The van der Waals surface area contributed by atoms with Crippen LogP contribution in [-0.4, -0.2) is 76.7 Å². The fourth-order valence-corrected chi connectivity index (χ4v) is 5.07. The maximum absolute atomic E-state index is 14.1. The van der Waals surface area contributed by atoms with E-state index in [1.807, 2.05) is 42.5 Å². The second-order valence-electron chi connectivity index (χ2n) is 9.83. The molecule has 5 rings (SSSR count). The van der Waals surface area contributed by atoms with E-state index in [9.17, 15) is 9.59 Å². The zero-order chi connectivity index (χ0) is 28.6. The van der Waals surface area contributed by atoms with Gasteiger partial charge in [0.25, 0.3) is 0 Å². The van der Waals surface area contributed by atoms with E-state index in [2.05, 4.69) is 20.6 Å². The fraction of sp³-hybridized carbons (Fsp3) is 0.367. The average Bonchev–Trinajstić information content (AvgIpc) is 3.68. The average molecular weight is 559 g/mol.